The molecule has 7 heteroatoms. The second-order valence-electron chi connectivity index (χ2n) is 11.7. The lowest BCUT2D eigenvalue weighted by Gasteiger charge is -2.36. The molecule has 190 valence electrons. The summed E-state index contributed by atoms with van der Waals surface area (Å²) in [6, 6.07) is 10.3. The van der Waals surface area contributed by atoms with Crippen molar-refractivity contribution in [1.29, 1.82) is 0 Å². The molecule has 1 aliphatic heterocycles. The van der Waals surface area contributed by atoms with Gasteiger partial charge < -0.3 is 9.30 Å². The van der Waals surface area contributed by atoms with Crippen LogP contribution in [0, 0.1) is 26.7 Å². The monoisotopic (exact) mass is 493 g/mol. The molecule has 0 N–H and O–H groups in total. The fourth-order valence-electron chi connectivity index (χ4n) is 5.24. The fourth-order valence-corrected chi connectivity index (χ4v) is 6.00. The number of fused-ring (bicyclic) bond motifs is 1. The third-order valence-corrected chi connectivity index (χ3v) is 8.94. The number of hydrogen-bond donors (Lipinski definition) is 0. The van der Waals surface area contributed by atoms with Crippen molar-refractivity contribution in [3.05, 3.63) is 52.7 Å². The molecule has 0 amide bonds. The molecule has 1 unspecified atom stereocenters. The van der Waals surface area contributed by atoms with E-state index in [4.69, 9.17) is 14.7 Å². The van der Waals surface area contributed by atoms with E-state index in [1.165, 1.54) is 24.4 Å². The standard InChI is InChI=1S/C28H43N5OSi/c1-20-15-25(16-21(2)29-20)17-24-9-8-12-32(18-24)22(3)26-10-11-27-28(31-26)30-23(4)33(27)19-34-13-14-35(5,6)7/h10-11,15-16,22,24H,8-9,12-14,17-19H2,1-7H3/t22?,24-/m1/s1. The Balaban J connectivity index is 1.42. The number of aromatic nitrogens is 4. The van der Waals surface area contributed by atoms with Gasteiger partial charge in [0.25, 0.3) is 0 Å². The molecule has 3 aromatic heterocycles. The van der Waals surface area contributed by atoms with Crippen LogP contribution in [0.1, 0.15) is 54.3 Å². The zero-order valence-corrected chi connectivity index (χ0v) is 23.8. The molecule has 0 saturated carbocycles. The lowest BCUT2D eigenvalue weighted by Crippen LogP contribution is -2.38. The van der Waals surface area contributed by atoms with Gasteiger partial charge in [-0.25, -0.2) is 9.97 Å². The van der Waals surface area contributed by atoms with Gasteiger partial charge in [-0.05, 0) is 95.3 Å². The van der Waals surface area contributed by atoms with E-state index in [-0.39, 0.29) is 6.04 Å². The van der Waals surface area contributed by atoms with Crippen LogP contribution in [0.4, 0.5) is 0 Å². The molecule has 1 fully saturated rings. The topological polar surface area (TPSA) is 56.1 Å². The number of imidazole rings is 1. The smallest absolute Gasteiger partial charge is 0.178 e. The second-order valence-corrected chi connectivity index (χ2v) is 17.3. The highest BCUT2D eigenvalue weighted by molar-refractivity contribution is 6.76. The molecule has 6 nitrogen and oxygen atoms in total. The van der Waals surface area contributed by atoms with Crippen molar-refractivity contribution in [2.75, 3.05) is 19.7 Å². The van der Waals surface area contributed by atoms with Gasteiger partial charge in [0, 0.05) is 38.7 Å². The Bertz CT molecular complexity index is 1130. The van der Waals surface area contributed by atoms with Gasteiger partial charge in [0.05, 0.1) is 11.2 Å². The molecular weight excluding hydrogens is 450 g/mol. The maximum Gasteiger partial charge on any atom is 0.178 e. The van der Waals surface area contributed by atoms with Crippen molar-refractivity contribution in [1.82, 2.24) is 24.4 Å². The number of piperidine rings is 1. The fraction of sp³-hybridized carbons (Fsp3) is 0.607. The van der Waals surface area contributed by atoms with Crippen LogP contribution in [0.15, 0.2) is 24.3 Å². The van der Waals surface area contributed by atoms with Crippen LogP contribution in [-0.4, -0.2) is 52.2 Å². The van der Waals surface area contributed by atoms with Crippen LogP contribution in [0.25, 0.3) is 11.2 Å². The predicted molar refractivity (Wildman–Crippen MR) is 146 cm³/mol. The van der Waals surface area contributed by atoms with Crippen LogP contribution >= 0.6 is 0 Å². The van der Waals surface area contributed by atoms with Crippen molar-refractivity contribution in [2.45, 2.75) is 85.4 Å². The molecule has 0 radical (unpaired) electrons. The highest BCUT2D eigenvalue weighted by Gasteiger charge is 2.26. The molecule has 0 aliphatic carbocycles. The number of rotatable bonds is 9. The average molecular weight is 494 g/mol. The van der Waals surface area contributed by atoms with Crippen molar-refractivity contribution in [3.63, 3.8) is 0 Å². The molecule has 0 spiro atoms. The summed E-state index contributed by atoms with van der Waals surface area (Å²) in [7, 11) is -1.09. The third kappa shape index (κ3) is 6.77. The highest BCUT2D eigenvalue weighted by atomic mass is 28.3. The van der Waals surface area contributed by atoms with E-state index in [0.717, 1.165) is 60.2 Å². The van der Waals surface area contributed by atoms with Gasteiger partial charge in [0.2, 0.25) is 0 Å². The minimum atomic E-state index is -1.09. The van der Waals surface area contributed by atoms with Crippen molar-refractivity contribution >= 4 is 19.2 Å². The summed E-state index contributed by atoms with van der Waals surface area (Å²) in [5.74, 6) is 1.64. The van der Waals surface area contributed by atoms with E-state index in [0.29, 0.717) is 12.6 Å². The van der Waals surface area contributed by atoms with Gasteiger partial charge >= 0.3 is 0 Å². The minimum Gasteiger partial charge on any atom is -0.361 e. The summed E-state index contributed by atoms with van der Waals surface area (Å²) in [5, 5.41) is 0. The minimum absolute atomic E-state index is 0.279. The number of ether oxygens (including phenoxy) is 1. The first-order valence-corrected chi connectivity index (χ1v) is 16.9. The molecule has 1 saturated heterocycles. The van der Waals surface area contributed by atoms with E-state index in [9.17, 15) is 0 Å². The number of nitrogens with zero attached hydrogens (tertiary/aromatic N) is 5. The maximum atomic E-state index is 6.01. The first kappa shape index (κ1) is 26.0. The first-order chi connectivity index (χ1) is 16.6. The van der Waals surface area contributed by atoms with Crippen molar-refractivity contribution in [2.24, 2.45) is 5.92 Å². The van der Waals surface area contributed by atoms with Gasteiger partial charge in [0.1, 0.15) is 12.6 Å². The number of hydrogen-bond acceptors (Lipinski definition) is 5. The number of pyridine rings is 2. The van der Waals surface area contributed by atoms with Crippen LogP contribution < -0.4 is 0 Å². The third-order valence-electron chi connectivity index (χ3n) is 7.23. The van der Waals surface area contributed by atoms with Gasteiger partial charge in [-0.3, -0.25) is 9.88 Å². The summed E-state index contributed by atoms with van der Waals surface area (Å²) >= 11 is 0. The predicted octanol–water partition coefficient (Wildman–Crippen LogP) is 6.08. The lowest BCUT2D eigenvalue weighted by atomic mass is 9.90. The Kier molecular flexibility index (Phi) is 8.08. The Morgan fingerprint density at radius 1 is 1.06 bits per heavy atom. The molecule has 4 rings (SSSR count). The maximum absolute atomic E-state index is 6.01. The van der Waals surface area contributed by atoms with Crippen molar-refractivity contribution < 1.29 is 4.74 Å². The van der Waals surface area contributed by atoms with Gasteiger partial charge in [-0.1, -0.05) is 19.6 Å². The number of aryl methyl sites for hydroxylation is 3. The molecular formula is C28H43N5OSi. The summed E-state index contributed by atoms with van der Waals surface area (Å²) < 4.78 is 8.16. The Labute approximate surface area is 212 Å². The van der Waals surface area contributed by atoms with E-state index >= 15 is 0 Å². The first-order valence-electron chi connectivity index (χ1n) is 13.2. The van der Waals surface area contributed by atoms with Crippen molar-refractivity contribution in [3.8, 4) is 0 Å². The number of likely N-dealkylation sites (tertiary alicyclic amines) is 1. The normalized spacial score (nSPS) is 18.3. The van der Waals surface area contributed by atoms with Crippen LogP contribution in [0.2, 0.25) is 25.7 Å². The highest BCUT2D eigenvalue weighted by Crippen LogP contribution is 2.29. The average Bonchev–Trinajstić information content (AvgIpc) is 3.09. The lowest BCUT2D eigenvalue weighted by molar-refractivity contribution is 0.0885. The molecule has 35 heavy (non-hydrogen) atoms. The molecule has 2 atom stereocenters. The van der Waals surface area contributed by atoms with E-state index < -0.39 is 8.07 Å². The largest absolute Gasteiger partial charge is 0.361 e. The zero-order chi connectivity index (χ0) is 25.2. The second kappa shape index (κ2) is 10.9. The van der Waals surface area contributed by atoms with Crippen LogP contribution in [0.5, 0.6) is 0 Å². The molecule has 0 aromatic carbocycles. The zero-order valence-electron chi connectivity index (χ0n) is 22.8. The molecule has 4 heterocycles. The molecule has 0 bridgehead atoms. The summed E-state index contributed by atoms with van der Waals surface area (Å²) in [5.41, 5.74) is 6.66. The quantitative estimate of drug-likeness (QED) is 0.267. The van der Waals surface area contributed by atoms with Gasteiger partial charge in [-0.15, -0.1) is 0 Å². The SMILES string of the molecule is Cc1cc(C[C@H]2CCCN(C(C)c3ccc4c(n3)nc(C)n4COCC[Si](C)(C)C)C2)cc(C)n1. The van der Waals surface area contributed by atoms with Gasteiger partial charge in [-0.2, -0.15) is 0 Å². The van der Waals surface area contributed by atoms with E-state index in [2.05, 4.69) is 79.1 Å². The molecule has 3 aromatic rings. The summed E-state index contributed by atoms with van der Waals surface area (Å²) in [6.45, 7) is 19.3. The Hall–Kier alpha value is -2.09. The van der Waals surface area contributed by atoms with Gasteiger partial charge in [0.15, 0.2) is 5.65 Å². The van der Waals surface area contributed by atoms with Crippen LogP contribution in [0.3, 0.4) is 0 Å². The Morgan fingerprint density at radius 2 is 1.80 bits per heavy atom. The Morgan fingerprint density at radius 3 is 2.51 bits per heavy atom. The summed E-state index contributed by atoms with van der Waals surface area (Å²) in [6.07, 6.45) is 3.65. The molecule has 1 aliphatic rings. The summed E-state index contributed by atoms with van der Waals surface area (Å²) in [4.78, 5) is 16.9. The van der Waals surface area contributed by atoms with Crippen LogP contribution in [-0.2, 0) is 17.9 Å². The van der Waals surface area contributed by atoms with E-state index in [1.807, 2.05) is 6.92 Å². The van der Waals surface area contributed by atoms with E-state index in [1.54, 1.807) is 0 Å².